The molecule has 0 aliphatic rings. The Balaban J connectivity index is 2.21. The molecule has 1 aromatic heterocycles. The van der Waals surface area contributed by atoms with E-state index in [2.05, 4.69) is 4.98 Å². The Kier molecular flexibility index (Phi) is 3.80. The molecule has 0 bridgehead atoms. The van der Waals surface area contributed by atoms with Crippen molar-refractivity contribution in [1.82, 2.24) is 4.98 Å². The van der Waals surface area contributed by atoms with Crippen LogP contribution in [0.15, 0.2) is 24.3 Å². The highest BCUT2D eigenvalue weighted by Gasteiger charge is 2.17. The summed E-state index contributed by atoms with van der Waals surface area (Å²) >= 11 is 1.09. The summed E-state index contributed by atoms with van der Waals surface area (Å²) < 4.78 is 13.5. The zero-order chi connectivity index (χ0) is 14.0. The second-order valence-electron chi connectivity index (χ2n) is 4.16. The Morgan fingerprint density at radius 2 is 2.16 bits per heavy atom. The smallest absolute Gasteiger partial charge is 0.347 e. The lowest BCUT2D eigenvalue weighted by Crippen LogP contribution is -2.16. The number of hydrogen-bond donors (Lipinski definition) is 1. The fraction of sp³-hybridized carbons (Fsp3) is 0.231. The molecule has 1 N–H and O–H groups in total. The highest BCUT2D eigenvalue weighted by molar-refractivity contribution is 7.17. The molecule has 19 heavy (non-hydrogen) atoms. The van der Waals surface area contributed by atoms with Gasteiger partial charge >= 0.3 is 5.97 Å². The number of hydrogen-bond acceptors (Lipinski definition) is 4. The van der Waals surface area contributed by atoms with E-state index in [1.54, 1.807) is 37.1 Å². The van der Waals surface area contributed by atoms with E-state index in [0.717, 1.165) is 11.3 Å². The van der Waals surface area contributed by atoms with Gasteiger partial charge in [-0.15, -0.1) is 0 Å². The zero-order valence-electron chi connectivity index (χ0n) is 10.6. The maximum Gasteiger partial charge on any atom is 0.347 e. The normalized spacial score (nSPS) is 10.5. The monoisotopic (exact) mass is 280 g/mol. The van der Waals surface area contributed by atoms with Crippen molar-refractivity contribution >= 4 is 22.4 Å². The summed E-state index contributed by atoms with van der Waals surface area (Å²) in [5.74, 6) is -1.26. The van der Waals surface area contributed by atoms with Crippen molar-refractivity contribution in [1.29, 1.82) is 0 Å². The molecule has 0 amide bonds. The Morgan fingerprint density at radius 3 is 2.74 bits per heavy atom. The lowest BCUT2D eigenvalue weighted by atomic mass is 10.2. The van der Waals surface area contributed by atoms with Crippen LogP contribution in [0.2, 0.25) is 0 Å². The van der Waals surface area contributed by atoms with Gasteiger partial charge in [0, 0.05) is 19.2 Å². The van der Waals surface area contributed by atoms with Gasteiger partial charge in [0.25, 0.3) is 0 Å². The Morgan fingerprint density at radius 1 is 1.47 bits per heavy atom. The van der Waals surface area contributed by atoms with Gasteiger partial charge in [0.2, 0.25) is 0 Å². The van der Waals surface area contributed by atoms with E-state index in [-0.39, 0.29) is 10.7 Å². The number of anilines is 1. The first-order valence-electron chi connectivity index (χ1n) is 5.64. The van der Waals surface area contributed by atoms with Crippen LogP contribution in [-0.2, 0) is 6.54 Å². The Hall–Kier alpha value is -1.95. The first-order chi connectivity index (χ1) is 8.99. The molecule has 0 aliphatic heterocycles. The number of carbonyl (C=O) groups is 1. The first kappa shape index (κ1) is 13.5. The number of aromatic nitrogens is 1. The van der Waals surface area contributed by atoms with Crippen molar-refractivity contribution < 1.29 is 14.3 Å². The third-order valence-electron chi connectivity index (χ3n) is 2.67. The minimum Gasteiger partial charge on any atom is -0.477 e. The molecule has 4 nitrogen and oxygen atoms in total. The van der Waals surface area contributed by atoms with E-state index in [1.807, 2.05) is 0 Å². The summed E-state index contributed by atoms with van der Waals surface area (Å²) in [7, 11) is 1.76. The van der Waals surface area contributed by atoms with E-state index in [0.29, 0.717) is 22.9 Å². The van der Waals surface area contributed by atoms with Gasteiger partial charge in [-0.2, -0.15) is 0 Å². The van der Waals surface area contributed by atoms with Crippen LogP contribution in [0.4, 0.5) is 9.52 Å². The average molecular weight is 280 g/mol. The predicted molar refractivity (Wildman–Crippen MR) is 72.3 cm³/mol. The fourth-order valence-corrected chi connectivity index (χ4v) is 2.56. The lowest BCUT2D eigenvalue weighted by molar-refractivity contribution is 0.0701. The molecule has 6 heteroatoms. The molecule has 0 unspecified atom stereocenters. The number of benzene rings is 1. The molecule has 0 aliphatic carbocycles. The van der Waals surface area contributed by atoms with Crippen molar-refractivity contribution in [2.24, 2.45) is 0 Å². The van der Waals surface area contributed by atoms with Gasteiger partial charge < -0.3 is 10.0 Å². The minimum atomic E-state index is -0.986. The van der Waals surface area contributed by atoms with Crippen LogP contribution in [0.5, 0.6) is 0 Å². The van der Waals surface area contributed by atoms with Gasteiger partial charge in [0.05, 0.1) is 5.69 Å². The molecule has 0 atom stereocenters. The molecular weight excluding hydrogens is 267 g/mol. The fourth-order valence-electron chi connectivity index (χ4n) is 1.69. The van der Waals surface area contributed by atoms with E-state index in [4.69, 9.17) is 5.11 Å². The maximum atomic E-state index is 13.5. The second-order valence-corrected chi connectivity index (χ2v) is 5.14. The maximum absolute atomic E-state index is 13.5. The molecule has 1 aromatic carbocycles. The van der Waals surface area contributed by atoms with E-state index in [9.17, 15) is 9.18 Å². The van der Waals surface area contributed by atoms with Crippen molar-refractivity contribution in [2.75, 3.05) is 11.9 Å². The van der Waals surface area contributed by atoms with Gasteiger partial charge in [-0.1, -0.05) is 29.5 Å². The summed E-state index contributed by atoms with van der Waals surface area (Å²) in [6.07, 6.45) is 0. The van der Waals surface area contributed by atoms with Crippen LogP contribution in [0.3, 0.4) is 0 Å². The summed E-state index contributed by atoms with van der Waals surface area (Å²) in [5, 5.41) is 9.55. The number of rotatable bonds is 4. The van der Waals surface area contributed by atoms with Crippen molar-refractivity contribution in [3.8, 4) is 0 Å². The molecule has 0 radical (unpaired) electrons. The summed E-state index contributed by atoms with van der Waals surface area (Å²) in [4.78, 5) is 17.1. The largest absolute Gasteiger partial charge is 0.477 e. The number of carboxylic acids is 1. The Labute approximate surface area is 114 Å². The molecule has 0 saturated carbocycles. The molecular formula is C13H13FN2O2S. The van der Waals surface area contributed by atoms with Gasteiger partial charge in [-0.3, -0.25) is 0 Å². The molecule has 0 spiro atoms. The van der Waals surface area contributed by atoms with Crippen LogP contribution in [0.1, 0.15) is 20.9 Å². The molecule has 1 heterocycles. The highest BCUT2D eigenvalue weighted by atomic mass is 32.1. The SMILES string of the molecule is Cc1nc(N(C)Cc2ccccc2F)sc1C(=O)O. The minimum absolute atomic E-state index is 0.218. The van der Waals surface area contributed by atoms with Crippen LogP contribution in [-0.4, -0.2) is 23.1 Å². The zero-order valence-corrected chi connectivity index (χ0v) is 11.4. The third-order valence-corrected chi connectivity index (χ3v) is 3.93. The highest BCUT2D eigenvalue weighted by Crippen LogP contribution is 2.26. The second kappa shape index (κ2) is 5.36. The van der Waals surface area contributed by atoms with Crippen molar-refractivity contribution in [3.05, 3.63) is 46.2 Å². The molecule has 100 valence electrons. The topological polar surface area (TPSA) is 53.4 Å². The first-order valence-corrected chi connectivity index (χ1v) is 6.46. The number of thiazole rings is 1. The predicted octanol–water partition coefficient (Wildman–Crippen LogP) is 2.93. The quantitative estimate of drug-likeness (QED) is 0.935. The van der Waals surface area contributed by atoms with Crippen molar-refractivity contribution in [3.63, 3.8) is 0 Å². The number of nitrogens with zero attached hydrogens (tertiary/aromatic N) is 2. The van der Waals surface area contributed by atoms with Crippen LogP contribution in [0, 0.1) is 12.7 Å². The van der Waals surface area contributed by atoms with Crippen LogP contribution >= 0.6 is 11.3 Å². The van der Waals surface area contributed by atoms with Crippen LogP contribution in [0.25, 0.3) is 0 Å². The van der Waals surface area contributed by atoms with Gasteiger partial charge in [-0.05, 0) is 13.0 Å². The molecule has 2 rings (SSSR count). The number of carboxylic acid groups (broad SMARTS) is 1. The molecule has 0 fully saturated rings. The Bertz CT molecular complexity index is 612. The number of aromatic carboxylic acids is 1. The summed E-state index contributed by atoms with van der Waals surface area (Å²) in [5.41, 5.74) is 1.03. The van der Waals surface area contributed by atoms with E-state index >= 15 is 0 Å². The van der Waals surface area contributed by atoms with Crippen LogP contribution < -0.4 is 4.90 Å². The summed E-state index contributed by atoms with van der Waals surface area (Å²) in [6, 6.07) is 6.50. The van der Waals surface area contributed by atoms with E-state index < -0.39 is 5.97 Å². The van der Waals surface area contributed by atoms with Crippen molar-refractivity contribution in [2.45, 2.75) is 13.5 Å². The van der Waals surface area contributed by atoms with Gasteiger partial charge in [0.1, 0.15) is 10.7 Å². The molecule has 2 aromatic rings. The number of halogens is 1. The third kappa shape index (κ3) is 2.90. The molecule has 0 saturated heterocycles. The van der Waals surface area contributed by atoms with Gasteiger partial charge in [-0.25, -0.2) is 14.2 Å². The van der Waals surface area contributed by atoms with Gasteiger partial charge in [0.15, 0.2) is 5.13 Å². The summed E-state index contributed by atoms with van der Waals surface area (Å²) in [6.45, 7) is 2.00. The number of aryl methyl sites for hydroxylation is 1. The lowest BCUT2D eigenvalue weighted by Gasteiger charge is -2.15. The average Bonchev–Trinajstić information content (AvgIpc) is 2.74. The van der Waals surface area contributed by atoms with E-state index in [1.165, 1.54) is 6.07 Å². The standard InChI is InChI=1S/C13H13FN2O2S/c1-8-11(12(17)18)19-13(15-8)16(2)7-9-5-3-4-6-10(9)14/h3-6H,7H2,1-2H3,(H,17,18).